The number of nitrogens with two attached hydrogens (primary N) is 1. The summed E-state index contributed by atoms with van der Waals surface area (Å²) in [5, 5.41) is 12.1. The van der Waals surface area contributed by atoms with Crippen LogP contribution in [0.2, 0.25) is 0 Å². The van der Waals surface area contributed by atoms with E-state index in [4.69, 9.17) is 5.73 Å². The molecule has 1 aromatic carbocycles. The van der Waals surface area contributed by atoms with Gasteiger partial charge in [-0.3, -0.25) is 0 Å². The minimum Gasteiger partial charge on any atom is -0.382 e. The predicted molar refractivity (Wildman–Crippen MR) is 89.0 cm³/mol. The van der Waals surface area contributed by atoms with Gasteiger partial charge in [-0.25, -0.2) is 9.25 Å². The van der Waals surface area contributed by atoms with Crippen molar-refractivity contribution >= 4 is 17.2 Å². The van der Waals surface area contributed by atoms with Crippen LogP contribution in [0, 0.1) is 0 Å². The molecule has 2 aromatic heterocycles. The van der Waals surface area contributed by atoms with Gasteiger partial charge in [-0.15, -0.1) is 5.11 Å². The third-order valence-electron chi connectivity index (χ3n) is 3.71. The number of rotatable bonds is 4. The molecule has 0 amide bonds. The van der Waals surface area contributed by atoms with Gasteiger partial charge in [0.25, 0.3) is 0 Å². The third kappa shape index (κ3) is 4.05. The van der Waals surface area contributed by atoms with Crippen LogP contribution in [-0.2, 0) is 19.8 Å². The molecule has 0 spiro atoms. The minimum absolute atomic E-state index is 0.292. The molecule has 0 aliphatic carbocycles. The molecule has 134 valence electrons. The van der Waals surface area contributed by atoms with Gasteiger partial charge in [0, 0.05) is 12.1 Å². The van der Waals surface area contributed by atoms with E-state index < -0.39 is 11.7 Å². The van der Waals surface area contributed by atoms with Gasteiger partial charge in [-0.05, 0) is 29.8 Å². The predicted octanol–water partition coefficient (Wildman–Crippen LogP) is 3.77. The van der Waals surface area contributed by atoms with Crippen LogP contribution in [-0.4, -0.2) is 9.78 Å². The zero-order valence-corrected chi connectivity index (χ0v) is 13.9. The van der Waals surface area contributed by atoms with Crippen LogP contribution in [0.4, 0.5) is 30.4 Å². The van der Waals surface area contributed by atoms with Crippen LogP contribution in [0.3, 0.4) is 0 Å². The summed E-state index contributed by atoms with van der Waals surface area (Å²) in [4.78, 5) is 0. The molecule has 0 aliphatic rings. The maximum Gasteiger partial charge on any atom is 0.416 e. The van der Waals surface area contributed by atoms with Crippen LogP contribution in [0.15, 0.2) is 65.2 Å². The van der Waals surface area contributed by atoms with Crippen LogP contribution >= 0.6 is 0 Å². The molecule has 0 bridgehead atoms. The number of halogens is 3. The average Bonchev–Trinajstić information content (AvgIpc) is 2.95. The number of nitrogen functional groups attached to an aromatic ring is 1. The summed E-state index contributed by atoms with van der Waals surface area (Å²) in [5.41, 5.74) is 6.95. The van der Waals surface area contributed by atoms with Crippen molar-refractivity contribution in [3.05, 3.63) is 66.1 Å². The van der Waals surface area contributed by atoms with Crippen molar-refractivity contribution in [3.8, 4) is 0 Å². The lowest BCUT2D eigenvalue weighted by Crippen LogP contribution is -2.26. The maximum atomic E-state index is 12.5. The molecule has 2 heterocycles. The van der Waals surface area contributed by atoms with Crippen molar-refractivity contribution in [2.45, 2.75) is 12.7 Å². The van der Waals surface area contributed by atoms with E-state index >= 15 is 0 Å². The molecule has 0 radical (unpaired) electrons. The summed E-state index contributed by atoms with van der Waals surface area (Å²) < 4.78 is 41.1. The number of nitrogens with zero attached hydrogens (tertiary/aromatic N) is 5. The first-order valence-corrected chi connectivity index (χ1v) is 7.67. The molecule has 0 fully saturated rings. The largest absolute Gasteiger partial charge is 0.416 e. The Labute approximate surface area is 147 Å². The Hall–Kier alpha value is -3.23. The Morgan fingerprint density at radius 2 is 1.73 bits per heavy atom. The number of aryl methyl sites for hydroxylation is 1. The van der Waals surface area contributed by atoms with Gasteiger partial charge in [0.1, 0.15) is 18.6 Å². The van der Waals surface area contributed by atoms with Gasteiger partial charge in [-0.1, -0.05) is 0 Å². The molecule has 6 nitrogen and oxygen atoms in total. The molecule has 0 saturated carbocycles. The van der Waals surface area contributed by atoms with E-state index in [0.29, 0.717) is 23.7 Å². The molecule has 0 atom stereocenters. The monoisotopic (exact) mass is 361 g/mol. The van der Waals surface area contributed by atoms with Crippen molar-refractivity contribution in [1.29, 1.82) is 0 Å². The molecular weight excluding hydrogens is 345 g/mol. The second-order valence-electron chi connectivity index (χ2n) is 5.69. The van der Waals surface area contributed by atoms with Crippen LogP contribution in [0.5, 0.6) is 0 Å². The summed E-state index contributed by atoms with van der Waals surface area (Å²) in [6.45, 7) is 0.475. The zero-order chi connectivity index (χ0) is 18.7. The highest BCUT2D eigenvalue weighted by Gasteiger charge is 2.29. The first-order chi connectivity index (χ1) is 12.3. The lowest BCUT2D eigenvalue weighted by Gasteiger charge is -2.05. The summed E-state index contributed by atoms with van der Waals surface area (Å²) in [6, 6.07) is 8.30. The van der Waals surface area contributed by atoms with Gasteiger partial charge in [0.2, 0.25) is 0 Å². The Morgan fingerprint density at radius 1 is 1.08 bits per heavy atom. The van der Waals surface area contributed by atoms with Crippen LogP contribution < -0.4 is 10.3 Å². The molecule has 0 saturated heterocycles. The van der Waals surface area contributed by atoms with Crippen LogP contribution in [0.25, 0.3) is 0 Å². The number of hydrogen-bond donors (Lipinski definition) is 1. The van der Waals surface area contributed by atoms with E-state index in [0.717, 1.165) is 17.7 Å². The Bertz CT molecular complexity index is 911. The Balaban J connectivity index is 1.73. The molecule has 0 unspecified atom stereocenters. The molecule has 26 heavy (non-hydrogen) atoms. The number of alkyl halides is 3. The van der Waals surface area contributed by atoms with Crippen molar-refractivity contribution in [3.63, 3.8) is 0 Å². The number of benzene rings is 1. The van der Waals surface area contributed by atoms with Crippen molar-refractivity contribution in [2.75, 3.05) is 5.73 Å². The second-order valence-corrected chi connectivity index (χ2v) is 5.69. The number of anilines is 1. The third-order valence-corrected chi connectivity index (χ3v) is 3.71. The number of azo groups is 1. The first kappa shape index (κ1) is 17.6. The smallest absolute Gasteiger partial charge is 0.382 e. The molecule has 2 N–H and O–H groups in total. The van der Waals surface area contributed by atoms with Crippen molar-refractivity contribution in [1.82, 2.24) is 9.78 Å². The van der Waals surface area contributed by atoms with E-state index in [1.54, 1.807) is 4.68 Å². The Morgan fingerprint density at radius 3 is 2.35 bits per heavy atom. The highest BCUT2D eigenvalue weighted by Crippen LogP contribution is 2.31. The van der Waals surface area contributed by atoms with Crippen molar-refractivity contribution < 1.29 is 17.7 Å². The van der Waals surface area contributed by atoms with E-state index in [9.17, 15) is 13.2 Å². The zero-order valence-electron chi connectivity index (χ0n) is 13.9. The SMILES string of the molecule is C[n+]1ccc(Cn2ncc(N=Nc3ccc(C(F)(F)F)cc3)c2N)cc1. The quantitative estimate of drug-likeness (QED) is 0.567. The summed E-state index contributed by atoms with van der Waals surface area (Å²) >= 11 is 0. The van der Waals surface area contributed by atoms with E-state index in [1.165, 1.54) is 18.3 Å². The highest BCUT2D eigenvalue weighted by atomic mass is 19.4. The Kier molecular flexibility index (Phi) is 4.70. The molecule has 9 heteroatoms. The van der Waals surface area contributed by atoms with E-state index in [-0.39, 0.29) is 0 Å². The van der Waals surface area contributed by atoms with Crippen molar-refractivity contribution in [2.24, 2.45) is 17.3 Å². The highest BCUT2D eigenvalue weighted by molar-refractivity contribution is 5.56. The fraction of sp³-hybridized carbons (Fsp3) is 0.176. The summed E-state index contributed by atoms with van der Waals surface area (Å²) in [5.74, 6) is 0.328. The normalized spacial score (nSPS) is 12.0. The maximum absolute atomic E-state index is 12.5. The van der Waals surface area contributed by atoms with E-state index in [1.807, 2.05) is 36.1 Å². The summed E-state index contributed by atoms with van der Waals surface area (Å²) in [6.07, 6.45) is 0.919. The summed E-state index contributed by atoms with van der Waals surface area (Å²) in [7, 11) is 1.92. The van der Waals surface area contributed by atoms with Gasteiger partial charge in [0.05, 0.1) is 24.0 Å². The standard InChI is InChI=1S/C17H16F3N6/c1-25-8-6-12(7-9-25)11-26-16(21)15(10-22-26)24-23-14-4-2-13(3-5-14)17(18,19)20/h2-10H,11,21H2,1H3/q+1. The molecule has 0 aliphatic heterocycles. The number of pyridine rings is 1. The van der Waals surface area contributed by atoms with E-state index in [2.05, 4.69) is 15.3 Å². The van der Waals surface area contributed by atoms with Gasteiger partial charge < -0.3 is 5.73 Å². The fourth-order valence-electron chi connectivity index (χ4n) is 2.23. The molecular formula is C17H16F3N6+. The second kappa shape index (κ2) is 6.95. The van der Waals surface area contributed by atoms with Crippen LogP contribution in [0.1, 0.15) is 11.1 Å². The number of aromatic nitrogens is 3. The fourth-order valence-corrected chi connectivity index (χ4v) is 2.23. The topological polar surface area (TPSA) is 72.4 Å². The minimum atomic E-state index is -4.38. The molecule has 3 aromatic rings. The molecule has 3 rings (SSSR count). The first-order valence-electron chi connectivity index (χ1n) is 7.67. The number of hydrogen-bond acceptors (Lipinski definition) is 4. The van der Waals surface area contributed by atoms with Gasteiger partial charge >= 0.3 is 6.18 Å². The van der Waals surface area contributed by atoms with Gasteiger partial charge in [-0.2, -0.15) is 23.4 Å². The lowest BCUT2D eigenvalue weighted by molar-refractivity contribution is -0.671. The lowest BCUT2D eigenvalue weighted by atomic mass is 10.2. The average molecular weight is 361 g/mol. The van der Waals surface area contributed by atoms with Gasteiger partial charge in [0.15, 0.2) is 12.4 Å².